The number of hydrogen-bond donors (Lipinski definition) is 0. The van der Waals surface area contributed by atoms with Crippen molar-refractivity contribution in [3.8, 4) is 0 Å². The molecule has 0 bridgehead atoms. The third kappa shape index (κ3) is 9.45. The number of carbonyl (C=O) groups is 1. The minimum atomic E-state index is 0.277. The smallest absolute Gasteiger partial charge is 0.123 e. The van der Waals surface area contributed by atoms with Crippen molar-refractivity contribution in [1.82, 2.24) is 0 Å². The van der Waals surface area contributed by atoms with Crippen LogP contribution < -0.4 is 0 Å². The van der Waals surface area contributed by atoms with Crippen molar-refractivity contribution in [2.45, 2.75) is 51.4 Å². The molecule has 0 aromatic carbocycles. The monoisotopic (exact) mass is 208 g/mol. The van der Waals surface area contributed by atoms with E-state index in [0.717, 1.165) is 44.8 Å². The molecule has 0 radical (unpaired) electrons. The Morgan fingerprint density at radius 1 is 0.867 bits per heavy atom. The van der Waals surface area contributed by atoms with Crippen molar-refractivity contribution >= 4 is 6.29 Å². The van der Waals surface area contributed by atoms with Gasteiger partial charge in [-0.05, 0) is 38.5 Å². The van der Waals surface area contributed by atoms with Gasteiger partial charge >= 0.3 is 0 Å². The van der Waals surface area contributed by atoms with Crippen LogP contribution in [0.5, 0.6) is 0 Å². The molecule has 0 saturated heterocycles. The SMILES string of the molecule is C=CCCCCC(C=O)CCCCC=C. The van der Waals surface area contributed by atoms with Gasteiger partial charge in [-0.15, -0.1) is 13.2 Å². The summed E-state index contributed by atoms with van der Waals surface area (Å²) in [5, 5.41) is 0. The Hall–Kier alpha value is -0.850. The molecular weight excluding hydrogens is 184 g/mol. The molecule has 0 N–H and O–H groups in total. The van der Waals surface area contributed by atoms with Gasteiger partial charge in [-0.25, -0.2) is 0 Å². The zero-order valence-corrected chi connectivity index (χ0v) is 9.79. The van der Waals surface area contributed by atoms with Crippen molar-refractivity contribution in [1.29, 1.82) is 0 Å². The van der Waals surface area contributed by atoms with E-state index in [-0.39, 0.29) is 5.92 Å². The average molecular weight is 208 g/mol. The maximum atomic E-state index is 10.8. The summed E-state index contributed by atoms with van der Waals surface area (Å²) in [4.78, 5) is 10.8. The van der Waals surface area contributed by atoms with Gasteiger partial charge in [0.2, 0.25) is 0 Å². The quantitative estimate of drug-likeness (QED) is 0.281. The van der Waals surface area contributed by atoms with Gasteiger partial charge in [0.1, 0.15) is 6.29 Å². The molecule has 0 heterocycles. The molecule has 1 nitrogen and oxygen atoms in total. The van der Waals surface area contributed by atoms with Crippen molar-refractivity contribution in [2.24, 2.45) is 5.92 Å². The zero-order chi connectivity index (χ0) is 11.4. The van der Waals surface area contributed by atoms with E-state index in [1.54, 1.807) is 0 Å². The third-order valence-electron chi connectivity index (χ3n) is 2.66. The number of hydrogen-bond acceptors (Lipinski definition) is 1. The van der Waals surface area contributed by atoms with Gasteiger partial charge in [0, 0.05) is 5.92 Å². The lowest BCUT2D eigenvalue weighted by Crippen LogP contribution is -2.01. The minimum Gasteiger partial charge on any atom is -0.303 e. The topological polar surface area (TPSA) is 17.1 Å². The molecule has 0 fully saturated rings. The zero-order valence-electron chi connectivity index (χ0n) is 9.79. The first-order valence-corrected chi connectivity index (χ1v) is 6.02. The molecule has 1 heteroatoms. The number of unbranched alkanes of at least 4 members (excludes halogenated alkanes) is 4. The lowest BCUT2D eigenvalue weighted by Gasteiger charge is -2.08. The average Bonchev–Trinajstić information content (AvgIpc) is 2.27. The van der Waals surface area contributed by atoms with Crippen LogP contribution in [0.3, 0.4) is 0 Å². The van der Waals surface area contributed by atoms with E-state index >= 15 is 0 Å². The van der Waals surface area contributed by atoms with Gasteiger partial charge in [0.25, 0.3) is 0 Å². The van der Waals surface area contributed by atoms with Crippen LogP contribution in [0.2, 0.25) is 0 Å². The lowest BCUT2D eigenvalue weighted by atomic mass is 9.96. The van der Waals surface area contributed by atoms with Crippen LogP contribution >= 0.6 is 0 Å². The van der Waals surface area contributed by atoms with Crippen molar-refractivity contribution in [3.63, 3.8) is 0 Å². The molecule has 0 aliphatic heterocycles. The fourth-order valence-corrected chi connectivity index (χ4v) is 1.67. The summed E-state index contributed by atoms with van der Waals surface area (Å²) >= 11 is 0. The predicted molar refractivity (Wildman–Crippen MR) is 66.9 cm³/mol. The summed E-state index contributed by atoms with van der Waals surface area (Å²) in [7, 11) is 0. The highest BCUT2D eigenvalue weighted by Crippen LogP contribution is 2.15. The van der Waals surface area contributed by atoms with E-state index in [2.05, 4.69) is 13.2 Å². The van der Waals surface area contributed by atoms with Gasteiger partial charge in [-0.2, -0.15) is 0 Å². The molecule has 0 atom stereocenters. The number of rotatable bonds is 11. The molecule has 15 heavy (non-hydrogen) atoms. The maximum absolute atomic E-state index is 10.8. The second-order valence-corrected chi connectivity index (χ2v) is 4.04. The van der Waals surface area contributed by atoms with Crippen LogP contribution in [0.4, 0.5) is 0 Å². The lowest BCUT2D eigenvalue weighted by molar-refractivity contribution is -0.111. The Morgan fingerprint density at radius 2 is 1.33 bits per heavy atom. The van der Waals surface area contributed by atoms with Crippen LogP contribution in [-0.4, -0.2) is 6.29 Å². The van der Waals surface area contributed by atoms with E-state index < -0.39 is 0 Å². The van der Waals surface area contributed by atoms with E-state index in [1.807, 2.05) is 12.2 Å². The van der Waals surface area contributed by atoms with Gasteiger partial charge in [-0.1, -0.05) is 25.0 Å². The number of carbonyl (C=O) groups excluding carboxylic acids is 1. The Balaban J connectivity index is 3.41. The summed E-state index contributed by atoms with van der Waals surface area (Å²) in [5.41, 5.74) is 0. The van der Waals surface area contributed by atoms with Crippen molar-refractivity contribution in [3.05, 3.63) is 25.3 Å². The molecule has 0 rings (SSSR count). The van der Waals surface area contributed by atoms with E-state index in [9.17, 15) is 4.79 Å². The highest BCUT2D eigenvalue weighted by atomic mass is 16.1. The maximum Gasteiger partial charge on any atom is 0.123 e. The Kier molecular flexibility index (Phi) is 10.6. The Morgan fingerprint density at radius 3 is 1.67 bits per heavy atom. The Labute approximate surface area is 94.3 Å². The van der Waals surface area contributed by atoms with Crippen LogP contribution in [0, 0.1) is 5.92 Å². The van der Waals surface area contributed by atoms with E-state index in [1.165, 1.54) is 12.8 Å². The molecule has 0 amide bonds. The van der Waals surface area contributed by atoms with Crippen molar-refractivity contribution < 1.29 is 4.79 Å². The Bertz CT molecular complexity index is 156. The fourth-order valence-electron chi connectivity index (χ4n) is 1.67. The summed E-state index contributed by atoms with van der Waals surface area (Å²) in [6.45, 7) is 7.38. The molecule has 0 spiro atoms. The normalized spacial score (nSPS) is 10.2. The summed E-state index contributed by atoms with van der Waals surface area (Å²) in [5.74, 6) is 0.277. The molecule has 86 valence electrons. The first kappa shape index (κ1) is 14.2. The van der Waals surface area contributed by atoms with E-state index in [0.29, 0.717) is 0 Å². The first-order valence-electron chi connectivity index (χ1n) is 6.02. The first-order chi connectivity index (χ1) is 7.35. The fraction of sp³-hybridized carbons (Fsp3) is 0.643. The van der Waals surface area contributed by atoms with Gasteiger partial charge < -0.3 is 4.79 Å². The second kappa shape index (κ2) is 11.2. The van der Waals surface area contributed by atoms with Gasteiger partial charge in [0.05, 0.1) is 0 Å². The molecule has 0 aromatic rings. The summed E-state index contributed by atoms with van der Waals surface area (Å²) < 4.78 is 0. The van der Waals surface area contributed by atoms with Gasteiger partial charge in [0.15, 0.2) is 0 Å². The molecule has 0 aliphatic carbocycles. The van der Waals surface area contributed by atoms with Gasteiger partial charge in [-0.3, -0.25) is 0 Å². The summed E-state index contributed by atoms with van der Waals surface area (Å²) in [6, 6.07) is 0. The molecule has 0 aromatic heterocycles. The molecule has 0 saturated carbocycles. The van der Waals surface area contributed by atoms with Crippen LogP contribution in [0.1, 0.15) is 51.4 Å². The number of aldehydes is 1. The standard InChI is InChI=1S/C14H24O/c1-3-5-7-9-11-14(13-15)12-10-8-6-4-2/h3-4,13-14H,1-2,5-12H2. The number of allylic oxidation sites excluding steroid dienone is 2. The van der Waals surface area contributed by atoms with E-state index in [4.69, 9.17) is 0 Å². The van der Waals surface area contributed by atoms with Crippen LogP contribution in [0.15, 0.2) is 25.3 Å². The molecular formula is C14H24O. The molecule has 0 unspecified atom stereocenters. The second-order valence-electron chi connectivity index (χ2n) is 4.04. The van der Waals surface area contributed by atoms with Crippen molar-refractivity contribution in [2.75, 3.05) is 0 Å². The predicted octanol–water partition coefficient (Wildman–Crippen LogP) is 4.29. The largest absolute Gasteiger partial charge is 0.303 e. The summed E-state index contributed by atoms with van der Waals surface area (Å²) in [6.07, 6.45) is 13.9. The highest BCUT2D eigenvalue weighted by molar-refractivity contribution is 5.53. The van der Waals surface area contributed by atoms with Crippen LogP contribution in [0.25, 0.3) is 0 Å². The third-order valence-corrected chi connectivity index (χ3v) is 2.66. The minimum absolute atomic E-state index is 0.277. The molecule has 0 aliphatic rings. The van der Waals surface area contributed by atoms with Crippen LogP contribution in [-0.2, 0) is 4.79 Å². The highest BCUT2D eigenvalue weighted by Gasteiger charge is 2.05.